The largest absolute Gasteiger partial charge is 0.444 e. The number of nitrogens with zero attached hydrogens (tertiary/aromatic N) is 1. The Bertz CT molecular complexity index is 337. The van der Waals surface area contributed by atoms with Gasteiger partial charge in [-0.3, -0.25) is 0 Å². The first-order chi connectivity index (χ1) is 7.29. The predicted octanol–water partition coefficient (Wildman–Crippen LogP) is 2.07. The van der Waals surface area contributed by atoms with E-state index in [-0.39, 0.29) is 12.2 Å². The first kappa shape index (κ1) is 10.0. The van der Waals surface area contributed by atoms with Crippen LogP contribution in [-0.2, 0) is 11.2 Å². The number of benzene rings is 1. The van der Waals surface area contributed by atoms with Gasteiger partial charge >= 0.3 is 6.09 Å². The van der Waals surface area contributed by atoms with Crippen molar-refractivity contribution in [3.05, 3.63) is 35.9 Å². The number of cyclic esters (lactones) is 1. The first-order valence-electron chi connectivity index (χ1n) is 5.29. The smallest absolute Gasteiger partial charge is 0.410 e. The van der Waals surface area contributed by atoms with Crippen molar-refractivity contribution in [3.8, 4) is 0 Å². The van der Waals surface area contributed by atoms with Crippen LogP contribution in [0.1, 0.15) is 12.5 Å². The van der Waals surface area contributed by atoms with Gasteiger partial charge in [-0.25, -0.2) is 4.79 Å². The Kier molecular flexibility index (Phi) is 2.90. The number of carbonyl (C=O) groups is 1. The second-order valence-electron chi connectivity index (χ2n) is 3.73. The van der Waals surface area contributed by atoms with Crippen LogP contribution < -0.4 is 0 Å². The van der Waals surface area contributed by atoms with Gasteiger partial charge in [-0.05, 0) is 12.5 Å². The van der Waals surface area contributed by atoms with Crippen molar-refractivity contribution < 1.29 is 9.53 Å². The fourth-order valence-electron chi connectivity index (χ4n) is 1.82. The summed E-state index contributed by atoms with van der Waals surface area (Å²) in [5, 5.41) is 0. The van der Waals surface area contributed by atoms with Gasteiger partial charge in [0.25, 0.3) is 0 Å². The highest BCUT2D eigenvalue weighted by Gasteiger charge is 2.29. The maximum absolute atomic E-state index is 11.3. The number of amides is 1. The van der Waals surface area contributed by atoms with Crippen molar-refractivity contribution in [3.63, 3.8) is 0 Å². The molecule has 0 spiro atoms. The molecule has 3 heteroatoms. The van der Waals surface area contributed by atoms with E-state index in [1.165, 1.54) is 5.56 Å². The summed E-state index contributed by atoms with van der Waals surface area (Å²) in [7, 11) is 0. The van der Waals surface area contributed by atoms with Gasteiger partial charge in [-0.15, -0.1) is 0 Å². The SMILES string of the molecule is CCN1CC(Cc2ccccc2)OC1=O. The predicted molar refractivity (Wildman–Crippen MR) is 57.7 cm³/mol. The molecule has 15 heavy (non-hydrogen) atoms. The van der Waals surface area contributed by atoms with E-state index in [2.05, 4.69) is 12.1 Å². The molecule has 1 aromatic carbocycles. The first-order valence-corrected chi connectivity index (χ1v) is 5.29. The van der Waals surface area contributed by atoms with Crippen LogP contribution in [0.25, 0.3) is 0 Å². The van der Waals surface area contributed by atoms with Crippen LogP contribution in [0.3, 0.4) is 0 Å². The molecule has 1 unspecified atom stereocenters. The molecule has 0 N–H and O–H groups in total. The maximum Gasteiger partial charge on any atom is 0.410 e. The molecule has 1 amide bonds. The average Bonchev–Trinajstić information content (AvgIpc) is 2.60. The third kappa shape index (κ3) is 2.29. The number of rotatable bonds is 3. The molecular weight excluding hydrogens is 190 g/mol. The zero-order valence-electron chi connectivity index (χ0n) is 8.85. The molecule has 1 aromatic rings. The number of ether oxygens (including phenoxy) is 1. The Morgan fingerprint density at radius 2 is 2.13 bits per heavy atom. The lowest BCUT2D eigenvalue weighted by molar-refractivity contribution is 0.133. The van der Waals surface area contributed by atoms with Gasteiger partial charge in [0.15, 0.2) is 0 Å². The van der Waals surface area contributed by atoms with Crippen LogP contribution in [0.2, 0.25) is 0 Å². The summed E-state index contributed by atoms with van der Waals surface area (Å²) in [4.78, 5) is 13.0. The van der Waals surface area contributed by atoms with Crippen molar-refractivity contribution in [1.82, 2.24) is 4.90 Å². The molecule has 0 bridgehead atoms. The number of carbonyl (C=O) groups excluding carboxylic acids is 1. The molecule has 0 aliphatic carbocycles. The third-order valence-electron chi connectivity index (χ3n) is 2.64. The molecule has 0 aromatic heterocycles. The van der Waals surface area contributed by atoms with Crippen molar-refractivity contribution in [2.45, 2.75) is 19.4 Å². The zero-order valence-corrected chi connectivity index (χ0v) is 8.85. The van der Waals surface area contributed by atoms with Crippen LogP contribution in [0.5, 0.6) is 0 Å². The normalized spacial score (nSPS) is 20.5. The molecule has 0 radical (unpaired) electrons. The second kappa shape index (κ2) is 4.34. The zero-order chi connectivity index (χ0) is 10.7. The molecule has 1 aliphatic heterocycles. The van der Waals surface area contributed by atoms with Gasteiger partial charge in [-0.2, -0.15) is 0 Å². The van der Waals surface area contributed by atoms with E-state index in [4.69, 9.17) is 4.74 Å². The molecule has 1 saturated heterocycles. The Balaban J connectivity index is 1.95. The van der Waals surface area contributed by atoms with Gasteiger partial charge < -0.3 is 9.64 Å². The van der Waals surface area contributed by atoms with Crippen LogP contribution >= 0.6 is 0 Å². The topological polar surface area (TPSA) is 29.5 Å². The summed E-state index contributed by atoms with van der Waals surface area (Å²) in [5.41, 5.74) is 1.22. The standard InChI is InChI=1S/C12H15NO2/c1-2-13-9-11(15-12(13)14)8-10-6-4-3-5-7-10/h3-7,11H,2,8-9H2,1H3. The number of likely N-dealkylation sites (N-methyl/N-ethyl adjacent to an activating group) is 1. The van der Waals surface area contributed by atoms with Crippen molar-refractivity contribution >= 4 is 6.09 Å². The lowest BCUT2D eigenvalue weighted by Gasteiger charge is -2.08. The molecule has 0 saturated carbocycles. The number of hydrogen-bond donors (Lipinski definition) is 0. The van der Waals surface area contributed by atoms with E-state index in [1.54, 1.807) is 4.90 Å². The van der Waals surface area contributed by atoms with Crippen molar-refractivity contribution in [2.75, 3.05) is 13.1 Å². The van der Waals surface area contributed by atoms with Gasteiger partial charge in [0.05, 0.1) is 6.54 Å². The fraction of sp³-hybridized carbons (Fsp3) is 0.417. The molecule has 80 valence electrons. The minimum atomic E-state index is -0.182. The summed E-state index contributed by atoms with van der Waals surface area (Å²) in [6.45, 7) is 3.40. The highest BCUT2D eigenvalue weighted by Crippen LogP contribution is 2.15. The maximum atomic E-state index is 11.3. The molecule has 1 atom stereocenters. The Morgan fingerprint density at radius 3 is 2.73 bits per heavy atom. The molecular formula is C12H15NO2. The quantitative estimate of drug-likeness (QED) is 0.756. The molecule has 1 heterocycles. The van der Waals surface area contributed by atoms with Gasteiger partial charge in [-0.1, -0.05) is 30.3 Å². The monoisotopic (exact) mass is 205 g/mol. The lowest BCUT2D eigenvalue weighted by atomic mass is 10.1. The van der Waals surface area contributed by atoms with Crippen LogP contribution in [0.4, 0.5) is 4.79 Å². The summed E-state index contributed by atoms with van der Waals surface area (Å²) < 4.78 is 5.26. The highest BCUT2D eigenvalue weighted by atomic mass is 16.6. The summed E-state index contributed by atoms with van der Waals surface area (Å²) in [6.07, 6.45) is 0.640. The molecule has 1 fully saturated rings. The van der Waals surface area contributed by atoms with Crippen molar-refractivity contribution in [2.24, 2.45) is 0 Å². The van der Waals surface area contributed by atoms with E-state index >= 15 is 0 Å². The average molecular weight is 205 g/mol. The molecule has 1 aliphatic rings. The van der Waals surface area contributed by atoms with Crippen LogP contribution in [0, 0.1) is 0 Å². The van der Waals surface area contributed by atoms with E-state index in [9.17, 15) is 4.79 Å². The number of hydrogen-bond acceptors (Lipinski definition) is 2. The Labute approximate surface area is 89.7 Å². The van der Waals surface area contributed by atoms with Crippen LogP contribution in [0.15, 0.2) is 30.3 Å². The summed E-state index contributed by atoms with van der Waals surface area (Å²) >= 11 is 0. The summed E-state index contributed by atoms with van der Waals surface area (Å²) in [5.74, 6) is 0. The highest BCUT2D eigenvalue weighted by molar-refractivity contribution is 5.69. The minimum absolute atomic E-state index is 0.0137. The molecule has 2 rings (SSSR count). The lowest BCUT2D eigenvalue weighted by Crippen LogP contribution is -2.24. The second-order valence-corrected chi connectivity index (χ2v) is 3.73. The van der Waals surface area contributed by atoms with E-state index in [0.717, 1.165) is 13.0 Å². The Morgan fingerprint density at radius 1 is 1.40 bits per heavy atom. The minimum Gasteiger partial charge on any atom is -0.444 e. The van der Waals surface area contributed by atoms with Gasteiger partial charge in [0, 0.05) is 13.0 Å². The van der Waals surface area contributed by atoms with Crippen molar-refractivity contribution in [1.29, 1.82) is 0 Å². The molecule has 3 nitrogen and oxygen atoms in total. The van der Waals surface area contributed by atoms with Gasteiger partial charge in [0.2, 0.25) is 0 Å². The Hall–Kier alpha value is -1.51. The summed E-state index contributed by atoms with van der Waals surface area (Å²) in [6, 6.07) is 10.1. The van der Waals surface area contributed by atoms with E-state index < -0.39 is 0 Å². The van der Waals surface area contributed by atoms with Crippen LogP contribution in [-0.4, -0.2) is 30.2 Å². The van der Waals surface area contributed by atoms with E-state index in [1.807, 2.05) is 25.1 Å². The van der Waals surface area contributed by atoms with Gasteiger partial charge in [0.1, 0.15) is 6.10 Å². The fourth-order valence-corrected chi connectivity index (χ4v) is 1.82. The van der Waals surface area contributed by atoms with E-state index in [0.29, 0.717) is 6.54 Å². The third-order valence-corrected chi connectivity index (χ3v) is 2.64.